The highest BCUT2D eigenvalue weighted by molar-refractivity contribution is 6.06. The fraction of sp³-hybridized carbons (Fsp3) is 0.250. The average molecular weight is 480 g/mol. The lowest BCUT2D eigenvalue weighted by Gasteiger charge is -2.23. The van der Waals surface area contributed by atoms with E-state index in [4.69, 9.17) is 15.6 Å². The molecule has 1 aliphatic rings. The monoisotopic (exact) mass is 479 g/mol. The summed E-state index contributed by atoms with van der Waals surface area (Å²) in [4.78, 5) is 21.2. The summed E-state index contributed by atoms with van der Waals surface area (Å²) in [6.07, 6.45) is 5.46. The summed E-state index contributed by atoms with van der Waals surface area (Å²) in [6.45, 7) is 1.87. The molecule has 34 heavy (non-hydrogen) atoms. The summed E-state index contributed by atoms with van der Waals surface area (Å²) in [7, 11) is 1.57. The van der Waals surface area contributed by atoms with Gasteiger partial charge in [0.2, 0.25) is 0 Å². The Labute approximate surface area is 203 Å². The Hall–Kier alpha value is -3.69. The molecule has 0 aliphatic carbocycles. The van der Waals surface area contributed by atoms with Gasteiger partial charge in [-0.05, 0) is 55.8 Å². The van der Waals surface area contributed by atoms with Gasteiger partial charge in [-0.1, -0.05) is 6.07 Å². The van der Waals surface area contributed by atoms with E-state index >= 15 is 0 Å². The zero-order valence-corrected chi connectivity index (χ0v) is 19.5. The van der Waals surface area contributed by atoms with E-state index in [1.165, 1.54) is 0 Å². The Morgan fingerprint density at radius 1 is 1.21 bits per heavy atom. The van der Waals surface area contributed by atoms with E-state index in [9.17, 15) is 4.79 Å². The van der Waals surface area contributed by atoms with Crippen molar-refractivity contribution in [2.75, 3.05) is 31.2 Å². The number of piperidine rings is 1. The van der Waals surface area contributed by atoms with Crippen molar-refractivity contribution in [1.29, 1.82) is 0 Å². The number of fused-ring (bicyclic) bond motifs is 1. The maximum Gasteiger partial charge on any atom is 0.256 e. The van der Waals surface area contributed by atoms with Gasteiger partial charge in [-0.2, -0.15) is 5.10 Å². The molecule has 1 atom stereocenters. The average Bonchev–Trinajstić information content (AvgIpc) is 3.25. The van der Waals surface area contributed by atoms with Crippen LogP contribution in [0.15, 0.2) is 54.9 Å². The van der Waals surface area contributed by atoms with Crippen molar-refractivity contribution in [2.45, 2.75) is 18.9 Å². The fourth-order valence-corrected chi connectivity index (χ4v) is 4.27. The number of anilines is 2. The van der Waals surface area contributed by atoms with E-state index < -0.39 is 0 Å². The Bertz CT molecular complexity index is 1300. The van der Waals surface area contributed by atoms with Crippen LogP contribution in [0.1, 0.15) is 29.2 Å². The second kappa shape index (κ2) is 10.1. The lowest BCUT2D eigenvalue weighted by molar-refractivity contribution is 0.102. The molecule has 4 aromatic rings. The van der Waals surface area contributed by atoms with Crippen LogP contribution in [0.5, 0.6) is 5.75 Å². The number of nitrogens with zero attached hydrogens (tertiary/aromatic N) is 4. The second-order valence-corrected chi connectivity index (χ2v) is 7.97. The number of ether oxygens (including phenoxy) is 1. The number of rotatable bonds is 5. The smallest absolute Gasteiger partial charge is 0.256 e. The molecule has 4 heterocycles. The van der Waals surface area contributed by atoms with Crippen LogP contribution in [0.3, 0.4) is 0 Å². The van der Waals surface area contributed by atoms with Crippen LogP contribution in [0.2, 0.25) is 0 Å². The second-order valence-electron chi connectivity index (χ2n) is 7.97. The number of carbonyl (C=O) groups excluding carboxylic acids is 1. The highest BCUT2D eigenvalue weighted by Crippen LogP contribution is 2.38. The standard InChI is InChI=1S/C24H25N7O2.ClH/c1-33-19-13-15(24(32)29-20-6-2-3-11-27-20)7-8-17(19)22-21-18(9-12-28-23(21)25)31(30-22)16-5-4-10-26-14-16;/h2-3,6-9,11-13,16,26H,4-5,10,14H2,1H3,(H2,25,28)(H,27,29,32);1H/t16-;/m1./s1. The van der Waals surface area contributed by atoms with Crippen LogP contribution in [-0.4, -0.2) is 45.9 Å². The van der Waals surface area contributed by atoms with Crippen LogP contribution < -0.4 is 21.1 Å². The molecule has 9 nitrogen and oxygen atoms in total. The third kappa shape index (κ3) is 4.40. The van der Waals surface area contributed by atoms with Crippen molar-refractivity contribution in [3.63, 3.8) is 0 Å². The third-order valence-corrected chi connectivity index (χ3v) is 5.89. The van der Waals surface area contributed by atoms with Crippen molar-refractivity contribution in [1.82, 2.24) is 25.1 Å². The molecule has 1 fully saturated rings. The van der Waals surface area contributed by atoms with Gasteiger partial charge in [-0.3, -0.25) is 9.48 Å². The lowest BCUT2D eigenvalue weighted by Crippen LogP contribution is -2.32. The Balaban J connectivity index is 0.00000274. The largest absolute Gasteiger partial charge is 0.496 e. The minimum absolute atomic E-state index is 0. The van der Waals surface area contributed by atoms with Gasteiger partial charge in [-0.25, -0.2) is 9.97 Å². The summed E-state index contributed by atoms with van der Waals surface area (Å²) in [5.74, 6) is 1.15. The van der Waals surface area contributed by atoms with Crippen LogP contribution in [0.25, 0.3) is 22.2 Å². The molecule has 0 bridgehead atoms. The van der Waals surface area contributed by atoms with Crippen molar-refractivity contribution < 1.29 is 9.53 Å². The first kappa shape index (κ1) is 23.5. The minimum Gasteiger partial charge on any atom is -0.496 e. The van der Waals surface area contributed by atoms with Gasteiger partial charge in [0.1, 0.15) is 23.1 Å². The molecule has 176 valence electrons. The Kier molecular flexibility index (Phi) is 6.95. The molecule has 10 heteroatoms. The fourth-order valence-electron chi connectivity index (χ4n) is 4.27. The van der Waals surface area contributed by atoms with E-state index in [2.05, 4.69) is 20.6 Å². The number of nitrogen functional groups attached to an aromatic ring is 1. The predicted molar refractivity (Wildman–Crippen MR) is 135 cm³/mol. The molecule has 5 rings (SSSR count). The van der Waals surface area contributed by atoms with Gasteiger partial charge in [0, 0.05) is 30.1 Å². The lowest BCUT2D eigenvalue weighted by atomic mass is 10.0. The van der Waals surface area contributed by atoms with Crippen molar-refractivity contribution in [3.8, 4) is 17.0 Å². The maximum absolute atomic E-state index is 12.7. The summed E-state index contributed by atoms with van der Waals surface area (Å²) in [6, 6.07) is 12.8. The summed E-state index contributed by atoms with van der Waals surface area (Å²) < 4.78 is 7.70. The first-order valence-electron chi connectivity index (χ1n) is 10.9. The molecule has 1 saturated heterocycles. The molecular formula is C24H26ClN7O2. The topological polar surface area (TPSA) is 120 Å². The molecule has 1 aromatic carbocycles. The number of amides is 1. The molecular weight excluding hydrogens is 454 g/mol. The number of nitrogens with two attached hydrogens (primary N) is 1. The Morgan fingerprint density at radius 3 is 2.82 bits per heavy atom. The van der Waals surface area contributed by atoms with E-state index in [-0.39, 0.29) is 24.4 Å². The van der Waals surface area contributed by atoms with Gasteiger partial charge in [-0.15, -0.1) is 12.4 Å². The van der Waals surface area contributed by atoms with E-state index in [0.717, 1.165) is 42.4 Å². The Morgan fingerprint density at radius 2 is 2.09 bits per heavy atom. The first-order valence-corrected chi connectivity index (χ1v) is 10.9. The molecule has 0 radical (unpaired) electrons. The van der Waals surface area contributed by atoms with E-state index in [1.807, 2.05) is 22.9 Å². The zero-order chi connectivity index (χ0) is 22.8. The summed E-state index contributed by atoms with van der Waals surface area (Å²) >= 11 is 0. The van der Waals surface area contributed by atoms with Crippen molar-refractivity contribution >= 4 is 40.9 Å². The highest BCUT2D eigenvalue weighted by Gasteiger charge is 2.24. The SMILES string of the molecule is COc1cc(C(=O)Nc2ccccn2)ccc1-c1nn([C@@H]2CCCNC2)c2ccnc(N)c12.Cl. The number of methoxy groups -OCH3 is 1. The number of aromatic nitrogens is 4. The normalized spacial score (nSPS) is 15.5. The molecule has 3 aromatic heterocycles. The van der Waals surface area contributed by atoms with Gasteiger partial charge >= 0.3 is 0 Å². The minimum atomic E-state index is -0.275. The van der Waals surface area contributed by atoms with Crippen LogP contribution in [0.4, 0.5) is 11.6 Å². The predicted octanol–water partition coefficient (Wildman–Crippen LogP) is 3.68. The number of pyridine rings is 2. The van der Waals surface area contributed by atoms with Gasteiger partial charge in [0.05, 0.1) is 24.1 Å². The first-order chi connectivity index (χ1) is 16.2. The molecule has 0 spiro atoms. The van der Waals surface area contributed by atoms with Crippen LogP contribution in [0, 0.1) is 0 Å². The summed E-state index contributed by atoms with van der Waals surface area (Å²) in [5, 5.41) is 12.0. The van der Waals surface area contributed by atoms with Crippen molar-refractivity contribution in [3.05, 3.63) is 60.4 Å². The van der Waals surface area contributed by atoms with Crippen LogP contribution >= 0.6 is 12.4 Å². The highest BCUT2D eigenvalue weighted by atomic mass is 35.5. The maximum atomic E-state index is 12.7. The number of halogens is 1. The van der Waals surface area contributed by atoms with Gasteiger partial charge in [0.15, 0.2) is 0 Å². The number of hydrogen-bond donors (Lipinski definition) is 3. The van der Waals surface area contributed by atoms with E-state index in [0.29, 0.717) is 28.6 Å². The summed E-state index contributed by atoms with van der Waals surface area (Å²) in [5.41, 5.74) is 9.13. The zero-order valence-electron chi connectivity index (χ0n) is 18.7. The molecule has 0 saturated carbocycles. The van der Waals surface area contributed by atoms with Crippen LogP contribution in [-0.2, 0) is 0 Å². The molecule has 1 aliphatic heterocycles. The number of carbonyl (C=O) groups is 1. The number of hydrogen-bond acceptors (Lipinski definition) is 7. The third-order valence-electron chi connectivity index (χ3n) is 5.89. The van der Waals surface area contributed by atoms with Gasteiger partial charge < -0.3 is 21.1 Å². The quantitative estimate of drug-likeness (QED) is 0.399. The van der Waals surface area contributed by atoms with Crippen molar-refractivity contribution in [2.24, 2.45) is 0 Å². The molecule has 0 unspecified atom stereocenters. The molecule has 4 N–H and O–H groups in total. The molecule has 1 amide bonds. The number of benzene rings is 1. The van der Waals surface area contributed by atoms with Gasteiger partial charge in [0.25, 0.3) is 5.91 Å². The van der Waals surface area contributed by atoms with E-state index in [1.54, 1.807) is 43.8 Å². The number of nitrogens with one attached hydrogen (secondary N) is 2.